The number of alkyl halides is 3. The Hall–Kier alpha value is -4.68. The standard InChI is InChI=1S/C25H26N6O2.C2HF3O2/c1-17-5-4-14-31-16-21(29-23(17)31)18-7-9-19(10-8-18)28-25(33)24(32)26-12-11-20-15-30-13-3-2-6-22(30)27-20;3-2(4,5)1(6)7/h4-5,7-10,14-16H,2-3,6,11-13H2,1H3,(H,26,32)(H,28,33);(H,6,7). The van der Waals surface area contributed by atoms with Crippen molar-refractivity contribution in [1.29, 1.82) is 0 Å². The fourth-order valence-electron chi connectivity index (χ4n) is 4.18. The van der Waals surface area contributed by atoms with Gasteiger partial charge in [-0.1, -0.05) is 18.2 Å². The number of nitrogens with zero attached hydrogens (tertiary/aromatic N) is 4. The van der Waals surface area contributed by atoms with Crippen LogP contribution in [-0.2, 0) is 33.8 Å². The Labute approximate surface area is 226 Å². The summed E-state index contributed by atoms with van der Waals surface area (Å²) in [7, 11) is 0. The van der Waals surface area contributed by atoms with Crippen LogP contribution in [0.3, 0.4) is 0 Å². The number of nitrogens with one attached hydrogen (secondary N) is 2. The highest BCUT2D eigenvalue weighted by atomic mass is 19.4. The SMILES string of the molecule is Cc1cccn2cc(-c3ccc(NC(=O)C(=O)NCCc4cn5c(n4)CCCC5)cc3)nc12.O=C(O)C(F)(F)F. The van der Waals surface area contributed by atoms with E-state index in [4.69, 9.17) is 9.90 Å². The minimum Gasteiger partial charge on any atom is -0.475 e. The van der Waals surface area contributed by atoms with Gasteiger partial charge in [-0.25, -0.2) is 14.8 Å². The maximum absolute atomic E-state index is 12.3. The Kier molecular flexibility index (Phi) is 8.51. The van der Waals surface area contributed by atoms with E-state index in [1.807, 2.05) is 54.2 Å². The smallest absolute Gasteiger partial charge is 0.475 e. The van der Waals surface area contributed by atoms with Crippen molar-refractivity contribution in [2.75, 3.05) is 11.9 Å². The van der Waals surface area contributed by atoms with Crippen LogP contribution < -0.4 is 10.6 Å². The number of benzene rings is 1. The lowest BCUT2D eigenvalue weighted by molar-refractivity contribution is -0.192. The quantitative estimate of drug-likeness (QED) is 0.321. The van der Waals surface area contributed by atoms with Gasteiger partial charge in [-0.2, -0.15) is 13.2 Å². The minimum atomic E-state index is -5.08. The molecule has 0 bridgehead atoms. The fourth-order valence-corrected chi connectivity index (χ4v) is 4.18. The average Bonchev–Trinajstić information content (AvgIpc) is 3.54. The Morgan fingerprint density at radius 2 is 1.75 bits per heavy atom. The lowest BCUT2D eigenvalue weighted by atomic mass is 10.1. The van der Waals surface area contributed by atoms with Gasteiger partial charge in [0.2, 0.25) is 0 Å². The first kappa shape index (κ1) is 28.3. The van der Waals surface area contributed by atoms with Crippen molar-refractivity contribution in [3.05, 3.63) is 72.1 Å². The number of halogens is 3. The summed E-state index contributed by atoms with van der Waals surface area (Å²) in [4.78, 5) is 42.7. The molecule has 0 saturated heterocycles. The molecular weight excluding hydrogens is 529 g/mol. The number of rotatable bonds is 5. The number of aliphatic carboxylic acids is 1. The topological polar surface area (TPSA) is 131 Å². The summed E-state index contributed by atoms with van der Waals surface area (Å²) in [5.74, 6) is -2.98. The molecule has 0 atom stereocenters. The number of aromatic nitrogens is 4. The number of carbonyl (C=O) groups is 3. The number of anilines is 1. The number of carboxylic acids is 1. The van der Waals surface area contributed by atoms with E-state index in [0.29, 0.717) is 18.7 Å². The predicted octanol–water partition coefficient (Wildman–Crippen LogP) is 3.77. The van der Waals surface area contributed by atoms with Crippen LogP contribution >= 0.6 is 0 Å². The zero-order chi connectivity index (χ0) is 28.9. The zero-order valence-electron chi connectivity index (χ0n) is 21.5. The van der Waals surface area contributed by atoms with Crippen LogP contribution in [-0.4, -0.2) is 54.5 Å². The summed E-state index contributed by atoms with van der Waals surface area (Å²) < 4.78 is 35.9. The largest absolute Gasteiger partial charge is 0.490 e. The molecule has 0 radical (unpaired) electrons. The molecule has 4 heterocycles. The van der Waals surface area contributed by atoms with E-state index in [1.165, 1.54) is 12.8 Å². The molecule has 4 aromatic rings. The maximum atomic E-state index is 12.3. The molecule has 0 spiro atoms. The first-order valence-corrected chi connectivity index (χ1v) is 12.5. The molecule has 3 aromatic heterocycles. The first-order valence-electron chi connectivity index (χ1n) is 12.5. The van der Waals surface area contributed by atoms with Crippen LogP contribution in [0, 0.1) is 6.92 Å². The van der Waals surface area contributed by atoms with E-state index >= 15 is 0 Å². The molecule has 40 heavy (non-hydrogen) atoms. The van der Waals surface area contributed by atoms with Crippen LogP contribution in [0.5, 0.6) is 0 Å². The molecule has 0 saturated carbocycles. The van der Waals surface area contributed by atoms with Crippen molar-refractivity contribution in [3.63, 3.8) is 0 Å². The van der Waals surface area contributed by atoms with E-state index in [1.54, 1.807) is 12.1 Å². The van der Waals surface area contributed by atoms with Gasteiger partial charge in [0.05, 0.1) is 11.4 Å². The van der Waals surface area contributed by atoms with Gasteiger partial charge >= 0.3 is 24.0 Å². The Morgan fingerprint density at radius 3 is 2.40 bits per heavy atom. The van der Waals surface area contributed by atoms with Gasteiger partial charge in [0.1, 0.15) is 11.5 Å². The molecule has 210 valence electrons. The lowest BCUT2D eigenvalue weighted by Crippen LogP contribution is -2.36. The van der Waals surface area contributed by atoms with Gasteiger partial charge in [-0.15, -0.1) is 0 Å². The third-order valence-electron chi connectivity index (χ3n) is 6.19. The van der Waals surface area contributed by atoms with Gasteiger partial charge in [0.25, 0.3) is 0 Å². The molecule has 13 heteroatoms. The summed E-state index contributed by atoms with van der Waals surface area (Å²) in [6, 6.07) is 11.3. The van der Waals surface area contributed by atoms with Crippen molar-refractivity contribution in [2.24, 2.45) is 0 Å². The van der Waals surface area contributed by atoms with Crippen molar-refractivity contribution in [1.82, 2.24) is 24.3 Å². The van der Waals surface area contributed by atoms with E-state index in [2.05, 4.69) is 25.2 Å². The summed E-state index contributed by atoms with van der Waals surface area (Å²) >= 11 is 0. The highest BCUT2D eigenvalue weighted by Crippen LogP contribution is 2.22. The van der Waals surface area contributed by atoms with Gasteiger partial charge in [-0.05, 0) is 43.5 Å². The highest BCUT2D eigenvalue weighted by Gasteiger charge is 2.38. The van der Waals surface area contributed by atoms with Crippen molar-refractivity contribution in [3.8, 4) is 11.3 Å². The van der Waals surface area contributed by atoms with Crippen molar-refractivity contribution < 1.29 is 32.7 Å². The van der Waals surface area contributed by atoms with E-state index in [0.717, 1.165) is 47.0 Å². The van der Waals surface area contributed by atoms with Crippen LogP contribution in [0.15, 0.2) is 55.0 Å². The number of pyridine rings is 1. The number of aryl methyl sites for hydroxylation is 3. The third-order valence-corrected chi connectivity index (χ3v) is 6.19. The Balaban J connectivity index is 0.000000470. The molecule has 10 nitrogen and oxygen atoms in total. The van der Waals surface area contributed by atoms with E-state index in [9.17, 15) is 22.8 Å². The third kappa shape index (κ3) is 7.04. The van der Waals surface area contributed by atoms with Gasteiger partial charge < -0.3 is 24.7 Å². The van der Waals surface area contributed by atoms with Crippen LogP contribution in [0.2, 0.25) is 0 Å². The lowest BCUT2D eigenvalue weighted by Gasteiger charge is -2.11. The molecule has 0 fully saturated rings. The fraction of sp³-hybridized carbons (Fsp3) is 0.296. The monoisotopic (exact) mass is 556 g/mol. The number of hydrogen-bond donors (Lipinski definition) is 3. The van der Waals surface area contributed by atoms with Gasteiger partial charge in [0.15, 0.2) is 0 Å². The molecule has 1 aromatic carbocycles. The second-order valence-electron chi connectivity index (χ2n) is 9.19. The number of amides is 2. The van der Waals surface area contributed by atoms with Gasteiger partial charge in [0, 0.05) is 55.8 Å². The number of hydrogen-bond acceptors (Lipinski definition) is 5. The molecule has 1 aliphatic rings. The summed E-state index contributed by atoms with van der Waals surface area (Å²) in [6.45, 7) is 3.40. The average molecular weight is 557 g/mol. The molecule has 3 N–H and O–H groups in total. The predicted molar refractivity (Wildman–Crippen MR) is 140 cm³/mol. The number of carbonyl (C=O) groups excluding carboxylic acids is 2. The molecule has 5 rings (SSSR count). The molecular formula is C27H27F3N6O4. The molecule has 0 unspecified atom stereocenters. The van der Waals surface area contributed by atoms with Gasteiger partial charge in [-0.3, -0.25) is 9.59 Å². The van der Waals surface area contributed by atoms with Crippen LogP contribution in [0.1, 0.15) is 29.9 Å². The van der Waals surface area contributed by atoms with E-state index < -0.39 is 24.0 Å². The first-order chi connectivity index (χ1) is 19.0. The summed E-state index contributed by atoms with van der Waals surface area (Å²) in [5.41, 5.74) is 5.30. The Bertz CT molecular complexity index is 1500. The maximum Gasteiger partial charge on any atom is 0.490 e. The second-order valence-corrected chi connectivity index (χ2v) is 9.19. The number of fused-ring (bicyclic) bond motifs is 2. The summed E-state index contributed by atoms with van der Waals surface area (Å²) in [5, 5.41) is 12.4. The molecule has 0 aliphatic carbocycles. The number of carboxylic acid groups (broad SMARTS) is 1. The summed E-state index contributed by atoms with van der Waals surface area (Å²) in [6.07, 6.45) is 4.86. The zero-order valence-corrected chi connectivity index (χ0v) is 21.5. The Morgan fingerprint density at radius 1 is 1.02 bits per heavy atom. The molecule has 1 aliphatic heterocycles. The highest BCUT2D eigenvalue weighted by molar-refractivity contribution is 6.39. The normalized spacial score (nSPS) is 12.7. The van der Waals surface area contributed by atoms with Crippen LogP contribution in [0.4, 0.5) is 18.9 Å². The van der Waals surface area contributed by atoms with Crippen molar-refractivity contribution in [2.45, 2.75) is 45.3 Å². The number of imidazole rings is 2. The second kappa shape index (κ2) is 12.0. The minimum absolute atomic E-state index is 0.370. The van der Waals surface area contributed by atoms with Crippen molar-refractivity contribution >= 4 is 29.1 Å². The molecule has 2 amide bonds. The van der Waals surface area contributed by atoms with E-state index in [-0.39, 0.29) is 0 Å². The van der Waals surface area contributed by atoms with Crippen LogP contribution in [0.25, 0.3) is 16.9 Å².